The molecule has 112 valence electrons. The van der Waals surface area contributed by atoms with Gasteiger partial charge in [-0.1, -0.05) is 37.3 Å². The summed E-state index contributed by atoms with van der Waals surface area (Å²) in [4.78, 5) is 0. The summed E-state index contributed by atoms with van der Waals surface area (Å²) < 4.78 is 7.21. The molecule has 2 unspecified atom stereocenters. The van der Waals surface area contributed by atoms with Gasteiger partial charge in [0, 0.05) is 6.04 Å². The van der Waals surface area contributed by atoms with Gasteiger partial charge in [-0.05, 0) is 65.0 Å². The molecule has 0 aliphatic heterocycles. The zero-order valence-corrected chi connectivity index (χ0v) is 14.4. The number of ether oxygens (including phenoxy) is 1. The van der Waals surface area contributed by atoms with Gasteiger partial charge < -0.3 is 10.5 Å². The maximum Gasteiger partial charge on any atom is 0.139 e. The third-order valence-corrected chi connectivity index (χ3v) is 4.32. The molecule has 0 amide bonds. The Hall–Kier alpha value is -1.32. The van der Waals surface area contributed by atoms with Crippen molar-refractivity contribution in [2.24, 2.45) is 5.73 Å². The van der Waals surface area contributed by atoms with Gasteiger partial charge in [0.1, 0.15) is 11.9 Å². The van der Waals surface area contributed by atoms with E-state index in [0.29, 0.717) is 0 Å². The van der Waals surface area contributed by atoms with Gasteiger partial charge >= 0.3 is 0 Å². The van der Waals surface area contributed by atoms with Gasteiger partial charge in [-0.15, -0.1) is 0 Å². The highest BCUT2D eigenvalue weighted by Crippen LogP contribution is 2.32. The normalized spacial score (nSPS) is 13.8. The van der Waals surface area contributed by atoms with Gasteiger partial charge in [-0.3, -0.25) is 0 Å². The number of rotatable bonds is 5. The molecular formula is C18H22BrNO. The molecule has 0 radical (unpaired) electrons. The summed E-state index contributed by atoms with van der Waals surface area (Å²) in [5, 5.41) is 0. The van der Waals surface area contributed by atoms with Gasteiger partial charge in [-0.2, -0.15) is 0 Å². The van der Waals surface area contributed by atoms with Crippen molar-refractivity contribution in [3.63, 3.8) is 0 Å². The van der Waals surface area contributed by atoms with Gasteiger partial charge in [0.2, 0.25) is 0 Å². The largest absolute Gasteiger partial charge is 0.483 e. The summed E-state index contributed by atoms with van der Waals surface area (Å²) in [6.07, 6.45) is 0.720. The highest BCUT2D eigenvalue weighted by Gasteiger charge is 2.22. The summed E-state index contributed by atoms with van der Waals surface area (Å²) >= 11 is 3.57. The second kappa shape index (κ2) is 7.10. The molecule has 0 aliphatic carbocycles. The Morgan fingerprint density at radius 3 is 2.48 bits per heavy atom. The van der Waals surface area contributed by atoms with Crippen LogP contribution in [0.4, 0.5) is 0 Å². The van der Waals surface area contributed by atoms with Gasteiger partial charge in [-0.25, -0.2) is 0 Å². The fourth-order valence-corrected chi connectivity index (χ4v) is 2.93. The molecule has 2 aromatic carbocycles. The van der Waals surface area contributed by atoms with Crippen LogP contribution in [-0.2, 0) is 0 Å². The minimum atomic E-state index is -0.143. The van der Waals surface area contributed by atoms with Crippen LogP contribution in [0.3, 0.4) is 0 Å². The van der Waals surface area contributed by atoms with Crippen LogP contribution in [0, 0.1) is 13.8 Å². The molecule has 0 bridgehead atoms. The second-order valence-corrected chi connectivity index (χ2v) is 6.26. The zero-order valence-electron chi connectivity index (χ0n) is 12.8. The molecule has 0 saturated carbocycles. The van der Waals surface area contributed by atoms with E-state index in [1.54, 1.807) is 0 Å². The Bertz CT molecular complexity index is 612. The van der Waals surface area contributed by atoms with E-state index < -0.39 is 0 Å². The lowest BCUT2D eigenvalue weighted by molar-refractivity contribution is 0.169. The lowest BCUT2D eigenvalue weighted by atomic mass is 9.96. The molecule has 2 aromatic rings. The number of nitrogens with two attached hydrogens (primary N) is 1. The molecule has 2 atom stereocenters. The molecule has 0 fully saturated rings. The van der Waals surface area contributed by atoms with Crippen molar-refractivity contribution < 1.29 is 4.74 Å². The second-order valence-electron chi connectivity index (χ2n) is 5.40. The summed E-state index contributed by atoms with van der Waals surface area (Å²) in [6.45, 7) is 6.24. The van der Waals surface area contributed by atoms with Crippen molar-refractivity contribution in [1.82, 2.24) is 0 Å². The first kappa shape index (κ1) is 16.1. The van der Waals surface area contributed by atoms with E-state index in [1.165, 1.54) is 11.1 Å². The number of benzene rings is 2. The highest BCUT2D eigenvalue weighted by atomic mass is 79.9. The minimum Gasteiger partial charge on any atom is -0.483 e. The van der Waals surface area contributed by atoms with Crippen LogP contribution < -0.4 is 10.5 Å². The third kappa shape index (κ3) is 3.86. The maximum absolute atomic E-state index is 6.31. The van der Waals surface area contributed by atoms with Gasteiger partial charge in [0.05, 0.1) is 4.47 Å². The first-order valence-electron chi connectivity index (χ1n) is 7.26. The summed E-state index contributed by atoms with van der Waals surface area (Å²) in [5.41, 5.74) is 9.86. The molecule has 2 rings (SSSR count). The number of hydrogen-bond donors (Lipinski definition) is 1. The molecular weight excluding hydrogens is 326 g/mol. The minimum absolute atomic E-state index is 0.0423. The van der Waals surface area contributed by atoms with E-state index in [2.05, 4.69) is 54.9 Å². The van der Waals surface area contributed by atoms with Crippen LogP contribution in [-0.4, -0.2) is 6.04 Å². The van der Waals surface area contributed by atoms with Crippen LogP contribution in [0.15, 0.2) is 46.9 Å². The summed E-state index contributed by atoms with van der Waals surface area (Å²) in [5.74, 6) is 0.831. The number of halogens is 1. The van der Waals surface area contributed by atoms with Crippen molar-refractivity contribution >= 4 is 15.9 Å². The van der Waals surface area contributed by atoms with E-state index in [4.69, 9.17) is 10.5 Å². The van der Waals surface area contributed by atoms with Gasteiger partial charge in [0.15, 0.2) is 0 Å². The van der Waals surface area contributed by atoms with Crippen LogP contribution in [0.1, 0.15) is 36.1 Å². The molecule has 0 aromatic heterocycles. The van der Waals surface area contributed by atoms with E-state index in [-0.39, 0.29) is 12.1 Å². The molecule has 3 heteroatoms. The smallest absolute Gasteiger partial charge is 0.139 e. The molecule has 0 saturated heterocycles. The van der Waals surface area contributed by atoms with Crippen LogP contribution in [0.25, 0.3) is 0 Å². The lowest BCUT2D eigenvalue weighted by Crippen LogP contribution is -2.32. The molecule has 2 nitrogen and oxygen atoms in total. The zero-order chi connectivity index (χ0) is 15.4. The van der Waals surface area contributed by atoms with Crippen LogP contribution in [0.2, 0.25) is 0 Å². The standard InChI is InChI=1S/C18H22BrNO/c1-4-16(20)18(14-8-6-5-7-13(14)3)21-17-10-9-12(2)11-15(17)19/h5-11,16,18H,4,20H2,1-3H3. The molecule has 21 heavy (non-hydrogen) atoms. The molecule has 2 N–H and O–H groups in total. The number of aryl methyl sites for hydroxylation is 2. The predicted molar refractivity (Wildman–Crippen MR) is 91.7 cm³/mol. The van der Waals surface area contributed by atoms with E-state index in [1.807, 2.05) is 24.3 Å². The van der Waals surface area contributed by atoms with Gasteiger partial charge in [0.25, 0.3) is 0 Å². The summed E-state index contributed by atoms with van der Waals surface area (Å²) in [7, 11) is 0. The van der Waals surface area contributed by atoms with Crippen molar-refractivity contribution in [2.45, 2.75) is 39.3 Å². The molecule has 0 spiro atoms. The Kier molecular flexibility index (Phi) is 5.43. The fraction of sp³-hybridized carbons (Fsp3) is 0.333. The quantitative estimate of drug-likeness (QED) is 0.832. The Morgan fingerprint density at radius 2 is 1.86 bits per heavy atom. The van der Waals surface area contributed by atoms with Crippen molar-refractivity contribution in [3.8, 4) is 5.75 Å². The third-order valence-electron chi connectivity index (χ3n) is 3.70. The molecule has 0 aliphatic rings. The van der Waals surface area contributed by atoms with Crippen LogP contribution >= 0.6 is 15.9 Å². The Morgan fingerprint density at radius 1 is 1.14 bits per heavy atom. The van der Waals surface area contributed by atoms with Crippen molar-refractivity contribution in [3.05, 3.63) is 63.6 Å². The first-order valence-corrected chi connectivity index (χ1v) is 8.06. The maximum atomic E-state index is 6.31. The van der Waals surface area contributed by atoms with Crippen LogP contribution in [0.5, 0.6) is 5.75 Å². The van der Waals surface area contributed by atoms with E-state index >= 15 is 0 Å². The SMILES string of the molecule is CCC(N)C(Oc1ccc(C)cc1Br)c1ccccc1C. The lowest BCUT2D eigenvalue weighted by Gasteiger charge is -2.26. The first-order chi connectivity index (χ1) is 10.0. The number of hydrogen-bond acceptors (Lipinski definition) is 2. The van der Waals surface area contributed by atoms with Crippen molar-refractivity contribution in [1.29, 1.82) is 0 Å². The molecule has 0 heterocycles. The van der Waals surface area contributed by atoms with E-state index in [9.17, 15) is 0 Å². The predicted octanol–water partition coefficient (Wildman–Crippen LogP) is 4.92. The summed E-state index contributed by atoms with van der Waals surface area (Å²) in [6, 6.07) is 14.3. The fourth-order valence-electron chi connectivity index (χ4n) is 2.34. The Balaban J connectivity index is 2.35. The highest BCUT2D eigenvalue weighted by molar-refractivity contribution is 9.10. The monoisotopic (exact) mass is 347 g/mol. The average molecular weight is 348 g/mol. The average Bonchev–Trinajstić information content (AvgIpc) is 2.47. The van der Waals surface area contributed by atoms with Crippen molar-refractivity contribution in [2.75, 3.05) is 0 Å². The Labute approximate surface area is 135 Å². The van der Waals surface area contributed by atoms with E-state index in [0.717, 1.165) is 22.2 Å². The topological polar surface area (TPSA) is 35.2 Å².